The lowest BCUT2D eigenvalue weighted by atomic mass is 10.1. The van der Waals surface area contributed by atoms with E-state index in [0.29, 0.717) is 5.69 Å². The number of aryl methyl sites for hydroxylation is 3. The number of hydrogen-bond donors (Lipinski definition) is 1. The van der Waals surface area contributed by atoms with Crippen molar-refractivity contribution < 1.29 is 18.0 Å². The second-order valence-corrected chi connectivity index (χ2v) is 5.70. The third-order valence-electron chi connectivity index (χ3n) is 3.11. The molecule has 0 saturated heterocycles. The van der Waals surface area contributed by atoms with Crippen LogP contribution in [-0.2, 0) is 13.2 Å². The minimum absolute atomic E-state index is 0.187. The summed E-state index contributed by atoms with van der Waals surface area (Å²) in [5.74, 6) is -0.661. The van der Waals surface area contributed by atoms with Gasteiger partial charge in [-0.05, 0) is 47.0 Å². The van der Waals surface area contributed by atoms with Gasteiger partial charge in [-0.25, -0.2) is 0 Å². The van der Waals surface area contributed by atoms with Crippen LogP contribution in [0, 0.1) is 13.8 Å². The van der Waals surface area contributed by atoms with Crippen LogP contribution in [-0.4, -0.2) is 15.7 Å². The normalized spacial score (nSPS) is 11.6. The van der Waals surface area contributed by atoms with Crippen LogP contribution >= 0.6 is 15.9 Å². The van der Waals surface area contributed by atoms with Crippen LogP contribution in [0.15, 0.2) is 22.7 Å². The van der Waals surface area contributed by atoms with Crippen LogP contribution in [0.25, 0.3) is 0 Å². The predicted molar refractivity (Wildman–Crippen MR) is 79.8 cm³/mol. The van der Waals surface area contributed by atoms with Gasteiger partial charge in [-0.3, -0.25) is 9.48 Å². The Morgan fingerprint density at radius 3 is 2.50 bits per heavy atom. The molecule has 0 radical (unpaired) electrons. The average Bonchev–Trinajstić information content (AvgIpc) is 2.69. The van der Waals surface area contributed by atoms with E-state index >= 15 is 0 Å². The van der Waals surface area contributed by atoms with E-state index in [-0.39, 0.29) is 10.2 Å². The summed E-state index contributed by atoms with van der Waals surface area (Å²) in [5.41, 5.74) is 0.982. The summed E-state index contributed by atoms with van der Waals surface area (Å²) < 4.78 is 39.0. The van der Waals surface area contributed by atoms with Crippen LogP contribution in [0.5, 0.6) is 0 Å². The van der Waals surface area contributed by atoms with Crippen molar-refractivity contribution >= 4 is 27.5 Å². The molecule has 0 atom stereocenters. The van der Waals surface area contributed by atoms with Crippen LogP contribution < -0.4 is 5.32 Å². The monoisotopic (exact) mass is 375 g/mol. The molecule has 0 aliphatic heterocycles. The van der Waals surface area contributed by atoms with Crippen LogP contribution in [0.1, 0.15) is 27.3 Å². The smallest absolute Gasteiger partial charge is 0.320 e. The Labute approximate surface area is 133 Å². The fourth-order valence-electron chi connectivity index (χ4n) is 1.98. The summed E-state index contributed by atoms with van der Waals surface area (Å²) in [5, 5.41) is 5.98. The molecular weight excluding hydrogens is 363 g/mol. The molecule has 0 bridgehead atoms. The third-order valence-corrected chi connectivity index (χ3v) is 3.87. The first-order chi connectivity index (χ1) is 10.1. The molecule has 118 valence electrons. The van der Waals surface area contributed by atoms with Crippen molar-refractivity contribution in [2.45, 2.75) is 20.0 Å². The number of halogens is 4. The van der Waals surface area contributed by atoms with Gasteiger partial charge in [-0.1, -0.05) is 12.1 Å². The number of carbonyl (C=O) groups is 1. The minimum atomic E-state index is -4.63. The number of aromatic nitrogens is 2. The maximum absolute atomic E-state index is 12.8. The summed E-state index contributed by atoms with van der Waals surface area (Å²) >= 11 is 2.82. The van der Waals surface area contributed by atoms with Gasteiger partial charge in [0.2, 0.25) is 0 Å². The molecule has 1 amide bonds. The van der Waals surface area contributed by atoms with Crippen molar-refractivity contribution in [1.82, 2.24) is 9.78 Å². The number of hydrogen-bond acceptors (Lipinski definition) is 2. The van der Waals surface area contributed by atoms with E-state index in [2.05, 4.69) is 26.3 Å². The van der Waals surface area contributed by atoms with Crippen LogP contribution in [0.4, 0.5) is 18.9 Å². The molecule has 4 nitrogen and oxygen atoms in total. The Bertz CT molecular complexity index is 738. The highest BCUT2D eigenvalue weighted by Gasteiger charge is 2.39. The molecule has 2 aromatic rings. The highest BCUT2D eigenvalue weighted by molar-refractivity contribution is 9.10. The lowest BCUT2D eigenvalue weighted by Gasteiger charge is -2.10. The zero-order valence-corrected chi connectivity index (χ0v) is 13.6. The lowest BCUT2D eigenvalue weighted by molar-refractivity contribution is -0.142. The van der Waals surface area contributed by atoms with Crippen molar-refractivity contribution in [3.63, 3.8) is 0 Å². The largest absolute Gasteiger partial charge is 0.436 e. The number of carbonyl (C=O) groups excluding carboxylic acids is 1. The summed E-state index contributed by atoms with van der Waals surface area (Å²) in [6, 6.07) is 5.46. The van der Waals surface area contributed by atoms with E-state index in [4.69, 9.17) is 0 Å². The Morgan fingerprint density at radius 2 is 1.95 bits per heavy atom. The van der Waals surface area contributed by atoms with Crippen molar-refractivity contribution in [3.8, 4) is 0 Å². The fourth-order valence-corrected chi connectivity index (χ4v) is 2.72. The number of nitrogens with one attached hydrogen (secondary N) is 1. The first-order valence-electron chi connectivity index (χ1n) is 6.29. The van der Waals surface area contributed by atoms with Gasteiger partial charge in [0.15, 0.2) is 5.69 Å². The summed E-state index contributed by atoms with van der Waals surface area (Å²) in [4.78, 5) is 12.3. The van der Waals surface area contributed by atoms with E-state index in [9.17, 15) is 18.0 Å². The van der Waals surface area contributed by atoms with Gasteiger partial charge in [0.1, 0.15) is 5.69 Å². The Balaban J connectivity index is 2.39. The summed E-state index contributed by atoms with van der Waals surface area (Å²) in [6.45, 7) is 3.66. The van der Waals surface area contributed by atoms with E-state index in [0.717, 1.165) is 15.8 Å². The van der Waals surface area contributed by atoms with E-state index in [1.807, 2.05) is 19.1 Å². The molecule has 1 heterocycles. The lowest BCUT2D eigenvalue weighted by Crippen LogP contribution is -2.17. The molecule has 22 heavy (non-hydrogen) atoms. The average molecular weight is 376 g/mol. The Hall–Kier alpha value is -1.83. The van der Waals surface area contributed by atoms with Crippen LogP contribution in [0.3, 0.4) is 0 Å². The number of nitrogens with zero attached hydrogens (tertiary/aromatic N) is 2. The molecule has 8 heteroatoms. The van der Waals surface area contributed by atoms with Gasteiger partial charge in [-0.2, -0.15) is 18.3 Å². The number of anilines is 1. The quantitative estimate of drug-likeness (QED) is 0.859. The van der Waals surface area contributed by atoms with E-state index in [1.165, 1.54) is 7.05 Å². The standard InChI is InChI=1S/C14H13BrF3N3O/c1-7-4-5-8(2)9(6-7)19-13(22)11-10(15)12(14(16,17)18)20-21(11)3/h4-6H,1-3H3,(H,19,22). The van der Waals surface area contributed by atoms with Gasteiger partial charge in [-0.15, -0.1) is 0 Å². The Morgan fingerprint density at radius 1 is 1.32 bits per heavy atom. The highest BCUT2D eigenvalue weighted by atomic mass is 79.9. The summed E-state index contributed by atoms with van der Waals surface area (Å²) in [7, 11) is 1.29. The van der Waals surface area contributed by atoms with Crippen molar-refractivity contribution in [2.24, 2.45) is 7.05 Å². The number of benzene rings is 1. The van der Waals surface area contributed by atoms with Gasteiger partial charge in [0.25, 0.3) is 5.91 Å². The second-order valence-electron chi connectivity index (χ2n) is 4.91. The van der Waals surface area contributed by atoms with Gasteiger partial charge >= 0.3 is 6.18 Å². The minimum Gasteiger partial charge on any atom is -0.320 e. The van der Waals surface area contributed by atoms with Crippen molar-refractivity contribution in [1.29, 1.82) is 0 Å². The molecule has 0 fully saturated rings. The SMILES string of the molecule is Cc1ccc(C)c(NC(=O)c2c(Br)c(C(F)(F)F)nn2C)c1. The first-order valence-corrected chi connectivity index (χ1v) is 7.09. The fraction of sp³-hybridized carbons (Fsp3) is 0.286. The van der Waals surface area contributed by atoms with Crippen molar-refractivity contribution in [3.05, 3.63) is 45.2 Å². The first kappa shape index (κ1) is 16.5. The molecule has 1 aromatic heterocycles. The molecule has 0 spiro atoms. The maximum Gasteiger partial charge on any atom is 0.436 e. The molecule has 1 aromatic carbocycles. The molecular formula is C14H13BrF3N3O. The van der Waals surface area contributed by atoms with Gasteiger partial charge < -0.3 is 5.32 Å². The number of amides is 1. The number of rotatable bonds is 2. The van der Waals surface area contributed by atoms with E-state index in [1.54, 1.807) is 13.0 Å². The van der Waals surface area contributed by atoms with E-state index < -0.39 is 17.8 Å². The highest BCUT2D eigenvalue weighted by Crippen LogP contribution is 2.35. The zero-order chi connectivity index (χ0) is 16.7. The van der Waals surface area contributed by atoms with Crippen molar-refractivity contribution in [2.75, 3.05) is 5.32 Å². The van der Waals surface area contributed by atoms with Gasteiger partial charge in [0.05, 0.1) is 4.47 Å². The Kier molecular flexibility index (Phi) is 4.32. The number of alkyl halides is 3. The maximum atomic E-state index is 12.8. The third kappa shape index (κ3) is 3.16. The molecule has 0 saturated carbocycles. The molecule has 1 N–H and O–H groups in total. The second kappa shape index (κ2) is 5.75. The molecule has 0 unspecified atom stereocenters. The van der Waals surface area contributed by atoms with Crippen LogP contribution in [0.2, 0.25) is 0 Å². The topological polar surface area (TPSA) is 46.9 Å². The molecule has 0 aliphatic carbocycles. The van der Waals surface area contributed by atoms with Gasteiger partial charge in [0, 0.05) is 12.7 Å². The predicted octanol–water partition coefficient (Wildman–Crippen LogP) is 4.07. The summed E-state index contributed by atoms with van der Waals surface area (Å²) in [6.07, 6.45) is -4.63. The molecule has 0 aliphatic rings. The zero-order valence-electron chi connectivity index (χ0n) is 12.0. The molecule has 2 rings (SSSR count).